The third-order valence-electron chi connectivity index (χ3n) is 2.26. The summed E-state index contributed by atoms with van der Waals surface area (Å²) in [5.41, 5.74) is -0.0194. The first-order valence-electron chi connectivity index (χ1n) is 4.77. The molecule has 86 valence electrons. The number of rotatable bonds is 4. The lowest BCUT2D eigenvalue weighted by Crippen LogP contribution is -2.38. The van der Waals surface area contributed by atoms with Gasteiger partial charge in [-0.15, -0.1) is 0 Å². The van der Waals surface area contributed by atoms with Crippen LogP contribution < -0.4 is 9.47 Å². The van der Waals surface area contributed by atoms with Crippen LogP contribution in [0.5, 0.6) is 11.5 Å². The fraction of sp³-hybridized carbons (Fsp3) is 0.400. The molecule has 1 aromatic carbocycles. The molecule has 1 saturated heterocycles. The molecule has 6 heteroatoms. The highest BCUT2D eigenvalue weighted by Gasteiger charge is 2.22. The number of benzene rings is 1. The molecule has 0 atom stereocenters. The molecule has 0 aromatic heterocycles. The average Bonchev–Trinajstić information content (AvgIpc) is 2.23. The zero-order chi connectivity index (χ0) is 11.5. The van der Waals surface area contributed by atoms with Crippen molar-refractivity contribution in [3.05, 3.63) is 28.3 Å². The van der Waals surface area contributed by atoms with Crippen LogP contribution in [0.1, 0.15) is 0 Å². The van der Waals surface area contributed by atoms with Crippen molar-refractivity contribution < 1.29 is 19.1 Å². The molecule has 0 radical (unpaired) electrons. The predicted molar refractivity (Wildman–Crippen MR) is 54.9 cm³/mol. The zero-order valence-corrected chi connectivity index (χ0v) is 8.71. The summed E-state index contributed by atoms with van der Waals surface area (Å²) in [7, 11) is 1.45. The van der Waals surface area contributed by atoms with E-state index < -0.39 is 4.92 Å². The monoisotopic (exact) mass is 225 g/mol. The van der Waals surface area contributed by atoms with Crippen molar-refractivity contribution in [3.8, 4) is 11.5 Å². The molecule has 0 saturated carbocycles. The number of hydrogen-bond donors (Lipinski definition) is 0. The van der Waals surface area contributed by atoms with Crippen LogP contribution in [0.4, 0.5) is 5.69 Å². The second-order valence-corrected chi connectivity index (χ2v) is 3.37. The maximum Gasteiger partial charge on any atom is 0.273 e. The minimum Gasteiger partial charge on any atom is -0.493 e. The summed E-state index contributed by atoms with van der Waals surface area (Å²) < 4.78 is 15.5. The molecule has 0 aliphatic carbocycles. The summed E-state index contributed by atoms with van der Waals surface area (Å²) in [6, 6.07) is 4.27. The van der Waals surface area contributed by atoms with Crippen LogP contribution in [0.3, 0.4) is 0 Å². The zero-order valence-electron chi connectivity index (χ0n) is 8.71. The number of hydrogen-bond acceptors (Lipinski definition) is 5. The summed E-state index contributed by atoms with van der Waals surface area (Å²) >= 11 is 0. The van der Waals surface area contributed by atoms with Gasteiger partial charge in [-0.05, 0) is 6.07 Å². The highest BCUT2D eigenvalue weighted by Crippen LogP contribution is 2.32. The van der Waals surface area contributed by atoms with Crippen molar-refractivity contribution in [3.63, 3.8) is 0 Å². The van der Waals surface area contributed by atoms with Crippen molar-refractivity contribution in [2.24, 2.45) is 0 Å². The average molecular weight is 225 g/mol. The smallest absolute Gasteiger partial charge is 0.273 e. The largest absolute Gasteiger partial charge is 0.493 e. The summed E-state index contributed by atoms with van der Waals surface area (Å²) in [5.74, 6) is 0.863. The number of nitro benzene ring substituents is 1. The molecule has 1 aromatic rings. The molecule has 0 amide bonds. The molecular weight excluding hydrogens is 214 g/mol. The van der Waals surface area contributed by atoms with Crippen molar-refractivity contribution in [1.29, 1.82) is 0 Å². The van der Waals surface area contributed by atoms with Crippen LogP contribution >= 0.6 is 0 Å². The first-order chi connectivity index (χ1) is 7.70. The van der Waals surface area contributed by atoms with Crippen molar-refractivity contribution >= 4 is 5.69 Å². The lowest BCUT2D eigenvalue weighted by molar-refractivity contribution is -0.385. The number of nitro groups is 1. The molecule has 1 fully saturated rings. The molecule has 16 heavy (non-hydrogen) atoms. The molecule has 6 nitrogen and oxygen atoms in total. The Labute approximate surface area is 91.9 Å². The van der Waals surface area contributed by atoms with Gasteiger partial charge in [-0.25, -0.2) is 0 Å². The highest BCUT2D eigenvalue weighted by atomic mass is 16.6. The van der Waals surface area contributed by atoms with Gasteiger partial charge in [0, 0.05) is 6.07 Å². The van der Waals surface area contributed by atoms with Gasteiger partial charge in [0.2, 0.25) is 0 Å². The Hall–Kier alpha value is -1.82. The second-order valence-electron chi connectivity index (χ2n) is 3.37. The van der Waals surface area contributed by atoms with Gasteiger partial charge in [0.15, 0.2) is 11.5 Å². The maximum atomic E-state index is 10.6. The van der Waals surface area contributed by atoms with E-state index in [1.165, 1.54) is 25.3 Å². The SMILES string of the molecule is COc1cc([N+](=O)[O-])ccc1OC1COC1. The van der Waals surface area contributed by atoms with Crippen LogP contribution in [0.2, 0.25) is 0 Å². The first kappa shape index (κ1) is 10.7. The number of ether oxygens (including phenoxy) is 3. The Balaban J connectivity index is 2.19. The second kappa shape index (κ2) is 4.36. The molecular formula is C10H11NO5. The highest BCUT2D eigenvalue weighted by molar-refractivity contribution is 5.48. The van der Waals surface area contributed by atoms with Crippen LogP contribution in [0.25, 0.3) is 0 Å². The van der Waals surface area contributed by atoms with E-state index in [1.54, 1.807) is 0 Å². The standard InChI is InChI=1S/C10H11NO5/c1-14-10-4-7(11(12)13)2-3-9(10)16-8-5-15-6-8/h2-4,8H,5-6H2,1H3. The molecule has 0 N–H and O–H groups in total. The normalized spacial score (nSPS) is 15.3. The van der Waals surface area contributed by atoms with E-state index in [-0.39, 0.29) is 11.8 Å². The fourth-order valence-electron chi connectivity index (χ4n) is 1.33. The molecule has 0 spiro atoms. The molecule has 1 aliphatic rings. The third-order valence-corrected chi connectivity index (χ3v) is 2.26. The fourth-order valence-corrected chi connectivity index (χ4v) is 1.33. The summed E-state index contributed by atoms with van der Waals surface area (Å²) in [4.78, 5) is 10.1. The van der Waals surface area contributed by atoms with Crippen LogP contribution in [-0.4, -0.2) is 31.4 Å². The van der Waals surface area contributed by atoms with Gasteiger partial charge in [-0.1, -0.05) is 0 Å². The topological polar surface area (TPSA) is 70.8 Å². The quantitative estimate of drug-likeness (QED) is 0.571. The van der Waals surface area contributed by atoms with Gasteiger partial charge in [0.1, 0.15) is 6.10 Å². The van der Waals surface area contributed by atoms with Gasteiger partial charge in [-0.2, -0.15) is 0 Å². The van der Waals surface area contributed by atoms with E-state index >= 15 is 0 Å². The van der Waals surface area contributed by atoms with Crippen LogP contribution in [0.15, 0.2) is 18.2 Å². The number of methoxy groups -OCH3 is 1. The van der Waals surface area contributed by atoms with Crippen LogP contribution in [0, 0.1) is 10.1 Å². The van der Waals surface area contributed by atoms with Gasteiger partial charge in [-0.3, -0.25) is 10.1 Å². The van der Waals surface area contributed by atoms with E-state index in [4.69, 9.17) is 14.2 Å². The minimum atomic E-state index is -0.473. The Kier molecular flexibility index (Phi) is 2.91. The lowest BCUT2D eigenvalue weighted by Gasteiger charge is -2.27. The Morgan fingerprint density at radius 2 is 2.19 bits per heavy atom. The lowest BCUT2D eigenvalue weighted by atomic mass is 10.2. The van der Waals surface area contributed by atoms with E-state index in [0.717, 1.165) is 0 Å². The van der Waals surface area contributed by atoms with Gasteiger partial charge in [0.25, 0.3) is 5.69 Å². The maximum absolute atomic E-state index is 10.6. The molecule has 1 heterocycles. The summed E-state index contributed by atoms with van der Waals surface area (Å²) in [5, 5.41) is 10.6. The van der Waals surface area contributed by atoms with E-state index in [9.17, 15) is 10.1 Å². The molecule has 2 rings (SSSR count). The minimum absolute atomic E-state index is 0.00959. The Bertz CT molecular complexity index is 402. The van der Waals surface area contributed by atoms with Crippen LogP contribution in [-0.2, 0) is 4.74 Å². The number of non-ortho nitro benzene ring substituents is 1. The summed E-state index contributed by atoms with van der Waals surface area (Å²) in [6.07, 6.45) is 0.00959. The number of nitrogens with zero attached hydrogens (tertiary/aromatic N) is 1. The molecule has 0 bridgehead atoms. The van der Waals surface area contributed by atoms with E-state index in [1.807, 2.05) is 0 Å². The third kappa shape index (κ3) is 2.06. The van der Waals surface area contributed by atoms with E-state index in [0.29, 0.717) is 24.7 Å². The van der Waals surface area contributed by atoms with Crippen molar-refractivity contribution in [2.45, 2.75) is 6.10 Å². The van der Waals surface area contributed by atoms with Gasteiger partial charge >= 0.3 is 0 Å². The van der Waals surface area contributed by atoms with E-state index in [2.05, 4.69) is 0 Å². The molecule has 0 unspecified atom stereocenters. The Morgan fingerprint density at radius 1 is 1.44 bits per heavy atom. The van der Waals surface area contributed by atoms with Gasteiger partial charge < -0.3 is 14.2 Å². The predicted octanol–water partition coefficient (Wildman–Crippen LogP) is 1.38. The van der Waals surface area contributed by atoms with Crippen molar-refractivity contribution in [2.75, 3.05) is 20.3 Å². The Morgan fingerprint density at radius 3 is 2.69 bits per heavy atom. The summed E-state index contributed by atoms with van der Waals surface area (Å²) in [6.45, 7) is 1.08. The van der Waals surface area contributed by atoms with Gasteiger partial charge in [0.05, 0.1) is 31.3 Å². The molecule has 1 aliphatic heterocycles. The van der Waals surface area contributed by atoms with Crippen molar-refractivity contribution in [1.82, 2.24) is 0 Å². The first-order valence-corrected chi connectivity index (χ1v) is 4.77.